The van der Waals surface area contributed by atoms with Crippen LogP contribution in [0.1, 0.15) is 44.0 Å². The first-order valence-electron chi connectivity index (χ1n) is 8.25. The topological polar surface area (TPSA) is 110 Å². The lowest BCUT2D eigenvalue weighted by molar-refractivity contribution is -0.158. The van der Waals surface area contributed by atoms with Gasteiger partial charge in [-0.15, -0.1) is 0 Å². The minimum absolute atomic E-state index is 0.0177. The minimum Gasteiger partial charge on any atom is -0.459 e. The number of esters is 1. The quantitative estimate of drug-likeness (QED) is 0.625. The Morgan fingerprint density at radius 2 is 1.96 bits per heavy atom. The highest BCUT2D eigenvalue weighted by molar-refractivity contribution is 7.89. The molecule has 8 nitrogen and oxygen atoms in total. The molecule has 1 atom stereocenters. The second-order valence-corrected chi connectivity index (χ2v) is 9.19. The van der Waals surface area contributed by atoms with Crippen molar-refractivity contribution >= 4 is 33.4 Å². The van der Waals surface area contributed by atoms with Crippen LogP contribution in [0, 0.1) is 0 Å². The lowest BCUT2D eigenvalue weighted by Gasteiger charge is -2.27. The normalized spacial score (nSPS) is 20.8. The summed E-state index contributed by atoms with van der Waals surface area (Å²) in [5, 5.41) is 2.38. The lowest BCUT2D eigenvalue weighted by Crippen LogP contribution is -2.43. The van der Waals surface area contributed by atoms with Crippen molar-refractivity contribution < 1.29 is 27.5 Å². The van der Waals surface area contributed by atoms with Crippen LogP contribution in [0.5, 0.6) is 0 Å². The predicted molar refractivity (Wildman–Crippen MR) is 92.2 cm³/mol. The number of sulfonamides is 1. The molecular formula is C17H20N2O6S. The number of nitrogens with zero attached hydrogens (tertiary/aromatic N) is 1. The van der Waals surface area contributed by atoms with E-state index in [-0.39, 0.29) is 22.7 Å². The van der Waals surface area contributed by atoms with Crippen LogP contribution < -0.4 is 5.32 Å². The molecule has 3 rings (SSSR count). The van der Waals surface area contributed by atoms with Crippen LogP contribution in [0.15, 0.2) is 23.1 Å². The van der Waals surface area contributed by atoms with Crippen LogP contribution in [-0.2, 0) is 24.3 Å². The number of hydrogen-bond donors (Lipinski definition) is 1. The Labute approximate surface area is 151 Å². The van der Waals surface area contributed by atoms with Crippen LogP contribution in [0.2, 0.25) is 0 Å². The van der Waals surface area contributed by atoms with Gasteiger partial charge >= 0.3 is 5.97 Å². The Bertz CT molecular complexity index is 900. The molecule has 2 aliphatic rings. The summed E-state index contributed by atoms with van der Waals surface area (Å²) >= 11 is 0. The Balaban J connectivity index is 1.92. The molecule has 0 aromatic heterocycles. The fraction of sp³-hybridized carbons (Fsp3) is 0.471. The number of ketones is 1. The maximum absolute atomic E-state index is 13.0. The monoisotopic (exact) mass is 380 g/mol. The highest BCUT2D eigenvalue weighted by Gasteiger charge is 2.42. The zero-order valence-electron chi connectivity index (χ0n) is 14.7. The summed E-state index contributed by atoms with van der Waals surface area (Å²) in [7, 11) is -4.01. The highest BCUT2D eigenvalue weighted by Crippen LogP contribution is 2.31. The minimum atomic E-state index is -4.01. The molecular weight excluding hydrogens is 360 g/mol. The van der Waals surface area contributed by atoms with Crippen LogP contribution in [0.4, 0.5) is 5.69 Å². The predicted octanol–water partition coefficient (Wildman–Crippen LogP) is 1.32. The number of amides is 1. The maximum atomic E-state index is 13.0. The Hall–Kier alpha value is -2.26. The van der Waals surface area contributed by atoms with Gasteiger partial charge in [-0.05, 0) is 51.8 Å². The van der Waals surface area contributed by atoms with Gasteiger partial charge in [0.2, 0.25) is 10.0 Å². The molecule has 1 unspecified atom stereocenters. The van der Waals surface area contributed by atoms with Gasteiger partial charge < -0.3 is 10.1 Å². The summed E-state index contributed by atoms with van der Waals surface area (Å²) in [6.45, 7) is 5.34. The van der Waals surface area contributed by atoms with E-state index in [9.17, 15) is 22.8 Å². The number of carbonyl (C=O) groups is 3. The first-order chi connectivity index (χ1) is 12.0. The second-order valence-electron chi connectivity index (χ2n) is 7.30. The first-order valence-corrected chi connectivity index (χ1v) is 9.69. The summed E-state index contributed by atoms with van der Waals surface area (Å²) in [6.07, 6.45) is 0.908. The summed E-state index contributed by atoms with van der Waals surface area (Å²) in [4.78, 5) is 35.5. The Kier molecular flexibility index (Phi) is 4.40. The fourth-order valence-electron chi connectivity index (χ4n) is 3.05. The Morgan fingerprint density at radius 3 is 2.62 bits per heavy atom. The van der Waals surface area contributed by atoms with Gasteiger partial charge in [0.1, 0.15) is 11.6 Å². The summed E-state index contributed by atoms with van der Waals surface area (Å²) in [5.41, 5.74) is -0.422. The smallest absolute Gasteiger partial charge is 0.324 e. The standard InChI is InChI=1S/C17H20N2O6S/c1-17(2,3)25-16(22)13-5-4-8-19(13)26(23,24)10-6-7-12-11(9-10)14(20)15(21)18-12/h6-7,9,13H,4-5,8H2,1-3H3,(H,18,20,21). The maximum Gasteiger partial charge on any atom is 0.324 e. The van der Waals surface area contributed by atoms with Crippen LogP contribution in [0.25, 0.3) is 0 Å². The molecule has 0 saturated carbocycles. The van der Waals surface area contributed by atoms with Gasteiger partial charge in [0.15, 0.2) is 0 Å². The molecule has 9 heteroatoms. The van der Waals surface area contributed by atoms with Crippen molar-refractivity contribution in [2.24, 2.45) is 0 Å². The molecule has 1 aromatic rings. The molecule has 140 valence electrons. The van der Waals surface area contributed by atoms with Crippen molar-refractivity contribution in [3.8, 4) is 0 Å². The van der Waals surface area contributed by atoms with Gasteiger partial charge in [0.05, 0.1) is 16.1 Å². The number of hydrogen-bond acceptors (Lipinski definition) is 6. The van der Waals surface area contributed by atoms with E-state index in [2.05, 4.69) is 5.32 Å². The van der Waals surface area contributed by atoms with Crippen LogP contribution >= 0.6 is 0 Å². The Morgan fingerprint density at radius 1 is 1.27 bits per heavy atom. The number of nitrogens with one attached hydrogen (secondary N) is 1. The van der Waals surface area contributed by atoms with Crippen molar-refractivity contribution in [1.82, 2.24) is 4.31 Å². The van der Waals surface area contributed by atoms with Crippen molar-refractivity contribution in [3.05, 3.63) is 23.8 Å². The molecule has 1 aromatic carbocycles. The molecule has 0 spiro atoms. The molecule has 0 bridgehead atoms. The SMILES string of the molecule is CC(C)(C)OC(=O)C1CCCN1S(=O)(=O)c1ccc2c(c1)C(=O)C(=O)N2. The molecule has 2 heterocycles. The van der Waals surface area contributed by atoms with Gasteiger partial charge in [-0.25, -0.2) is 8.42 Å². The zero-order valence-corrected chi connectivity index (χ0v) is 15.6. The van der Waals surface area contributed by atoms with Gasteiger partial charge in [0, 0.05) is 6.54 Å². The van der Waals surface area contributed by atoms with E-state index in [0.29, 0.717) is 12.8 Å². The third kappa shape index (κ3) is 3.24. The number of fused-ring (bicyclic) bond motifs is 1. The summed E-state index contributed by atoms with van der Waals surface area (Å²) in [5.74, 6) is -2.16. The molecule has 26 heavy (non-hydrogen) atoms. The molecule has 0 aliphatic carbocycles. The van der Waals surface area contributed by atoms with Gasteiger partial charge in [-0.2, -0.15) is 4.31 Å². The number of ether oxygens (including phenoxy) is 1. The summed E-state index contributed by atoms with van der Waals surface area (Å²) in [6, 6.07) is 2.97. The van der Waals surface area contributed by atoms with Gasteiger partial charge in [-0.1, -0.05) is 0 Å². The average Bonchev–Trinajstić information content (AvgIpc) is 3.12. The average molecular weight is 380 g/mol. The lowest BCUT2D eigenvalue weighted by atomic mass is 10.1. The molecule has 1 N–H and O–H groups in total. The van der Waals surface area contributed by atoms with E-state index in [1.54, 1.807) is 20.8 Å². The van der Waals surface area contributed by atoms with Gasteiger partial charge in [-0.3, -0.25) is 14.4 Å². The number of carbonyl (C=O) groups excluding carboxylic acids is 3. The van der Waals surface area contributed by atoms with Crippen molar-refractivity contribution in [1.29, 1.82) is 0 Å². The number of Topliss-reactive ketones (excluding diaryl/α,β-unsaturated/α-hetero) is 1. The number of rotatable bonds is 3. The van der Waals surface area contributed by atoms with E-state index in [1.165, 1.54) is 18.2 Å². The van der Waals surface area contributed by atoms with E-state index in [1.807, 2.05) is 0 Å². The van der Waals surface area contributed by atoms with Crippen molar-refractivity contribution in [2.45, 2.75) is 50.2 Å². The summed E-state index contributed by atoms with van der Waals surface area (Å²) < 4.78 is 32.5. The van der Waals surface area contributed by atoms with E-state index >= 15 is 0 Å². The van der Waals surface area contributed by atoms with E-state index in [4.69, 9.17) is 4.74 Å². The molecule has 1 amide bonds. The molecule has 1 saturated heterocycles. The number of anilines is 1. The molecule has 2 aliphatic heterocycles. The first kappa shape index (κ1) is 18.5. The largest absolute Gasteiger partial charge is 0.459 e. The zero-order chi connectivity index (χ0) is 19.3. The number of benzene rings is 1. The van der Waals surface area contributed by atoms with E-state index < -0.39 is 39.3 Å². The van der Waals surface area contributed by atoms with Crippen molar-refractivity contribution in [2.75, 3.05) is 11.9 Å². The molecule has 0 radical (unpaired) electrons. The molecule has 1 fully saturated rings. The fourth-order valence-corrected chi connectivity index (χ4v) is 4.72. The third-order valence-corrected chi connectivity index (χ3v) is 6.08. The highest BCUT2D eigenvalue weighted by atomic mass is 32.2. The third-order valence-electron chi connectivity index (χ3n) is 4.18. The van der Waals surface area contributed by atoms with Crippen molar-refractivity contribution in [3.63, 3.8) is 0 Å². The van der Waals surface area contributed by atoms with E-state index in [0.717, 1.165) is 4.31 Å². The second kappa shape index (κ2) is 6.17. The van der Waals surface area contributed by atoms with Gasteiger partial charge in [0.25, 0.3) is 11.7 Å². The van der Waals surface area contributed by atoms with Crippen LogP contribution in [-0.4, -0.2) is 48.6 Å². The van der Waals surface area contributed by atoms with Crippen LogP contribution in [0.3, 0.4) is 0 Å².